The van der Waals surface area contributed by atoms with Gasteiger partial charge in [0.15, 0.2) is 0 Å². The average molecular weight is 149 g/mol. The van der Waals surface area contributed by atoms with Crippen LogP contribution in [0.15, 0.2) is 0 Å². The van der Waals surface area contributed by atoms with Crippen molar-refractivity contribution in [1.82, 2.24) is 0 Å². The summed E-state index contributed by atoms with van der Waals surface area (Å²) in [5.41, 5.74) is -0.485. The molecule has 9 heavy (non-hydrogen) atoms. The number of ether oxygens (including phenoxy) is 1. The van der Waals surface area contributed by atoms with Gasteiger partial charge >= 0.3 is 5.97 Å². The Morgan fingerprint density at radius 1 is 1.78 bits per heavy atom. The third-order valence-electron chi connectivity index (χ3n) is 1.67. The molecule has 0 aromatic rings. The van der Waals surface area contributed by atoms with Gasteiger partial charge in [0, 0.05) is 0 Å². The van der Waals surface area contributed by atoms with E-state index in [1.165, 1.54) is 0 Å². The molecule has 0 saturated carbocycles. The second-order valence-electron chi connectivity index (χ2n) is 2.79. The minimum absolute atomic E-state index is 0.162. The molecule has 1 heterocycles. The number of carbonyl (C=O) groups is 1. The topological polar surface area (TPSA) is 26.3 Å². The molecule has 0 N–H and O–H groups in total. The summed E-state index contributed by atoms with van der Waals surface area (Å²) in [6.07, 6.45) is 0. The van der Waals surface area contributed by atoms with Crippen LogP contribution >= 0.6 is 11.6 Å². The molecule has 1 rings (SSSR count). The molecule has 1 unspecified atom stereocenters. The predicted octanol–water partition coefficient (Wildman–Crippen LogP) is 1.18. The van der Waals surface area contributed by atoms with Gasteiger partial charge in [-0.1, -0.05) is 0 Å². The summed E-state index contributed by atoms with van der Waals surface area (Å²) in [5.74, 6) is -0.192. The summed E-state index contributed by atoms with van der Waals surface area (Å²) in [6.45, 7) is 3.94. The second kappa shape index (κ2) is 1.87. The first kappa shape index (κ1) is 6.87. The van der Waals surface area contributed by atoms with Gasteiger partial charge in [-0.2, -0.15) is 0 Å². The Hall–Kier alpha value is -0.240. The van der Waals surface area contributed by atoms with Crippen molar-refractivity contribution in [2.24, 2.45) is 5.41 Å². The van der Waals surface area contributed by atoms with Crippen molar-refractivity contribution >= 4 is 17.6 Å². The van der Waals surface area contributed by atoms with Crippen molar-refractivity contribution in [3.8, 4) is 0 Å². The summed E-state index contributed by atoms with van der Waals surface area (Å²) in [7, 11) is 0. The van der Waals surface area contributed by atoms with Gasteiger partial charge in [0.1, 0.15) is 6.61 Å². The summed E-state index contributed by atoms with van der Waals surface area (Å²) in [4.78, 5) is 10.8. The van der Waals surface area contributed by atoms with E-state index in [1.54, 1.807) is 13.8 Å². The van der Waals surface area contributed by atoms with E-state index in [4.69, 9.17) is 16.3 Å². The molecule has 52 valence electrons. The molecule has 1 aliphatic heterocycles. The molecule has 0 radical (unpaired) electrons. The molecule has 0 spiro atoms. The molecular weight excluding hydrogens is 140 g/mol. The molecule has 0 aromatic heterocycles. The van der Waals surface area contributed by atoms with E-state index in [-0.39, 0.29) is 11.3 Å². The number of hydrogen-bond donors (Lipinski definition) is 0. The summed E-state index contributed by atoms with van der Waals surface area (Å²) in [6, 6.07) is 0. The predicted molar refractivity (Wildman–Crippen MR) is 34.4 cm³/mol. The van der Waals surface area contributed by atoms with E-state index >= 15 is 0 Å². The lowest BCUT2D eigenvalue weighted by Gasteiger charge is -2.13. The summed E-state index contributed by atoms with van der Waals surface area (Å²) >= 11 is 5.75. The summed E-state index contributed by atoms with van der Waals surface area (Å²) in [5, 5.41) is -0.162. The van der Waals surface area contributed by atoms with Crippen molar-refractivity contribution in [3.05, 3.63) is 0 Å². The zero-order valence-electron chi connectivity index (χ0n) is 5.48. The van der Waals surface area contributed by atoms with Crippen LogP contribution < -0.4 is 0 Å². The van der Waals surface area contributed by atoms with Crippen molar-refractivity contribution in [2.75, 3.05) is 6.61 Å². The second-order valence-corrected chi connectivity index (χ2v) is 3.31. The monoisotopic (exact) mass is 148 g/mol. The summed E-state index contributed by atoms with van der Waals surface area (Å²) < 4.78 is 4.71. The first-order valence-electron chi connectivity index (χ1n) is 2.86. The Labute approximate surface area is 59.1 Å². The van der Waals surface area contributed by atoms with E-state index in [0.29, 0.717) is 6.61 Å². The van der Waals surface area contributed by atoms with Crippen LogP contribution in [0, 0.1) is 5.41 Å². The molecular formula is C6H9ClO2. The number of carbonyl (C=O) groups excluding carboxylic acids is 1. The number of hydrogen-bond acceptors (Lipinski definition) is 2. The van der Waals surface area contributed by atoms with E-state index in [0.717, 1.165) is 0 Å². The van der Waals surface area contributed by atoms with Crippen LogP contribution in [0.3, 0.4) is 0 Å². The Kier molecular flexibility index (Phi) is 1.43. The van der Waals surface area contributed by atoms with Gasteiger partial charge in [0.05, 0.1) is 10.8 Å². The maximum Gasteiger partial charge on any atom is 0.313 e. The highest BCUT2D eigenvalue weighted by Gasteiger charge is 2.43. The molecule has 1 atom stereocenters. The van der Waals surface area contributed by atoms with E-state index in [9.17, 15) is 4.79 Å². The van der Waals surface area contributed by atoms with Gasteiger partial charge < -0.3 is 4.74 Å². The molecule has 3 heteroatoms. The van der Waals surface area contributed by atoms with Gasteiger partial charge in [-0.25, -0.2) is 0 Å². The average Bonchev–Trinajstić information content (AvgIpc) is 1.96. The standard InChI is InChI=1S/C6H9ClO2/c1-6(2)4(7)3-9-5(6)8/h4H,3H2,1-2H3. The molecule has 0 amide bonds. The largest absolute Gasteiger partial charge is 0.464 e. The number of esters is 1. The number of cyclic esters (lactones) is 1. The first-order valence-corrected chi connectivity index (χ1v) is 3.30. The molecule has 1 fully saturated rings. The van der Waals surface area contributed by atoms with E-state index in [1.807, 2.05) is 0 Å². The van der Waals surface area contributed by atoms with Crippen molar-refractivity contribution < 1.29 is 9.53 Å². The fourth-order valence-electron chi connectivity index (χ4n) is 0.671. The molecule has 1 aliphatic rings. The van der Waals surface area contributed by atoms with Crippen LogP contribution in [-0.2, 0) is 9.53 Å². The molecule has 0 bridgehead atoms. The number of halogens is 1. The van der Waals surface area contributed by atoms with Crippen molar-refractivity contribution in [1.29, 1.82) is 0 Å². The SMILES string of the molecule is CC1(C)C(=O)OCC1Cl. The lowest BCUT2D eigenvalue weighted by atomic mass is 9.92. The third kappa shape index (κ3) is 0.917. The van der Waals surface area contributed by atoms with Crippen LogP contribution in [0.5, 0.6) is 0 Å². The molecule has 1 saturated heterocycles. The quantitative estimate of drug-likeness (QED) is 0.381. The highest BCUT2D eigenvalue weighted by molar-refractivity contribution is 6.23. The Morgan fingerprint density at radius 2 is 2.33 bits per heavy atom. The van der Waals surface area contributed by atoms with E-state index < -0.39 is 5.41 Å². The van der Waals surface area contributed by atoms with Gasteiger partial charge in [-0.05, 0) is 13.8 Å². The maximum absolute atomic E-state index is 10.8. The van der Waals surface area contributed by atoms with E-state index in [2.05, 4.69) is 0 Å². The molecule has 2 nitrogen and oxygen atoms in total. The third-order valence-corrected chi connectivity index (χ3v) is 2.34. The minimum atomic E-state index is -0.485. The van der Waals surface area contributed by atoms with Crippen LogP contribution in [0.2, 0.25) is 0 Å². The smallest absolute Gasteiger partial charge is 0.313 e. The Balaban J connectivity index is 2.78. The van der Waals surface area contributed by atoms with Gasteiger partial charge in [-0.15, -0.1) is 11.6 Å². The number of rotatable bonds is 0. The highest BCUT2D eigenvalue weighted by atomic mass is 35.5. The zero-order chi connectivity index (χ0) is 7.07. The lowest BCUT2D eigenvalue weighted by Crippen LogP contribution is -2.26. The first-order chi connectivity index (χ1) is 4.05. The van der Waals surface area contributed by atoms with Gasteiger partial charge in [0.2, 0.25) is 0 Å². The normalized spacial score (nSPS) is 32.3. The van der Waals surface area contributed by atoms with Gasteiger partial charge in [-0.3, -0.25) is 4.79 Å². The van der Waals surface area contributed by atoms with Gasteiger partial charge in [0.25, 0.3) is 0 Å². The number of alkyl halides is 1. The van der Waals surface area contributed by atoms with Crippen molar-refractivity contribution in [3.63, 3.8) is 0 Å². The van der Waals surface area contributed by atoms with Crippen LogP contribution in [0.25, 0.3) is 0 Å². The maximum atomic E-state index is 10.8. The lowest BCUT2D eigenvalue weighted by molar-refractivity contribution is -0.144. The fraction of sp³-hybridized carbons (Fsp3) is 0.833. The minimum Gasteiger partial charge on any atom is -0.464 e. The van der Waals surface area contributed by atoms with Crippen LogP contribution in [0.1, 0.15) is 13.8 Å². The Morgan fingerprint density at radius 3 is 2.44 bits per heavy atom. The molecule has 0 aromatic carbocycles. The zero-order valence-corrected chi connectivity index (χ0v) is 6.23. The fourth-order valence-corrected chi connectivity index (χ4v) is 0.823. The Bertz CT molecular complexity index is 142. The highest BCUT2D eigenvalue weighted by Crippen LogP contribution is 2.32. The van der Waals surface area contributed by atoms with Crippen LogP contribution in [-0.4, -0.2) is 18.0 Å². The van der Waals surface area contributed by atoms with Crippen molar-refractivity contribution in [2.45, 2.75) is 19.2 Å². The van der Waals surface area contributed by atoms with Crippen LogP contribution in [0.4, 0.5) is 0 Å². The molecule has 0 aliphatic carbocycles.